The Kier molecular flexibility index (Phi) is 7.72. The minimum Gasteiger partial charge on any atom is -0.469 e. The van der Waals surface area contributed by atoms with Crippen molar-refractivity contribution in [1.82, 2.24) is 9.80 Å². The maximum Gasteiger partial charge on any atom is 0.410 e. The second kappa shape index (κ2) is 10.4. The molecule has 3 rings (SSSR count). The molecule has 2 heterocycles. The molecule has 0 radical (unpaired) electrons. The molecular formula is C25H34N4O6. The summed E-state index contributed by atoms with van der Waals surface area (Å²) in [6.07, 6.45) is -0.268. The highest BCUT2D eigenvalue weighted by molar-refractivity contribution is 6.05. The van der Waals surface area contributed by atoms with Crippen LogP contribution < -0.4 is 10.6 Å². The summed E-state index contributed by atoms with van der Waals surface area (Å²) in [5, 5.41) is 0. The van der Waals surface area contributed by atoms with Crippen LogP contribution >= 0.6 is 0 Å². The van der Waals surface area contributed by atoms with Crippen molar-refractivity contribution in [2.75, 3.05) is 44.7 Å². The number of anilines is 1. The van der Waals surface area contributed by atoms with Crippen molar-refractivity contribution in [3.05, 3.63) is 35.9 Å². The molecular weight excluding hydrogens is 452 g/mol. The molecule has 10 heteroatoms. The maximum absolute atomic E-state index is 13.2. The Morgan fingerprint density at radius 3 is 2.34 bits per heavy atom. The fraction of sp³-hybridized carbons (Fsp3) is 0.520. The quantitative estimate of drug-likeness (QED) is 0.610. The molecule has 10 nitrogen and oxygen atoms in total. The van der Waals surface area contributed by atoms with E-state index in [0.29, 0.717) is 37.3 Å². The summed E-state index contributed by atoms with van der Waals surface area (Å²) in [4.78, 5) is 54.4. The number of ether oxygens (including phenoxy) is 2. The van der Waals surface area contributed by atoms with Gasteiger partial charge in [-0.15, -0.1) is 0 Å². The van der Waals surface area contributed by atoms with Gasteiger partial charge in [-0.25, -0.2) is 4.79 Å². The largest absolute Gasteiger partial charge is 0.469 e. The molecule has 1 aromatic carbocycles. The lowest BCUT2D eigenvalue weighted by atomic mass is 9.92. The number of hydrogen-bond acceptors (Lipinski definition) is 7. The number of hydrogen-bond donors (Lipinski definition) is 1. The first kappa shape index (κ1) is 26.1. The third-order valence-electron chi connectivity index (χ3n) is 6.09. The van der Waals surface area contributed by atoms with Crippen molar-refractivity contribution >= 4 is 35.1 Å². The molecule has 2 aliphatic rings. The highest BCUT2D eigenvalue weighted by Crippen LogP contribution is 2.32. The summed E-state index contributed by atoms with van der Waals surface area (Å²) in [5.41, 5.74) is 7.76. The SMILES string of the molecule is C=C1CN(C(CCC(=O)OC)C(N)=O)C(=O)c2ccc(N3CCN(C(=O)OC(C)(C)C)CC3)cc21. The first-order valence-electron chi connectivity index (χ1n) is 11.6. The highest BCUT2D eigenvalue weighted by atomic mass is 16.6. The van der Waals surface area contributed by atoms with E-state index in [1.807, 2.05) is 32.9 Å². The van der Waals surface area contributed by atoms with Crippen LogP contribution in [0.3, 0.4) is 0 Å². The van der Waals surface area contributed by atoms with Crippen LogP contribution in [0.4, 0.5) is 10.5 Å². The molecule has 3 amide bonds. The van der Waals surface area contributed by atoms with Gasteiger partial charge in [-0.2, -0.15) is 0 Å². The Hall–Kier alpha value is -3.56. The van der Waals surface area contributed by atoms with Crippen molar-refractivity contribution in [2.45, 2.75) is 45.3 Å². The van der Waals surface area contributed by atoms with Crippen molar-refractivity contribution in [2.24, 2.45) is 5.73 Å². The number of fused-ring (bicyclic) bond motifs is 1. The second-order valence-electron chi connectivity index (χ2n) is 9.75. The van der Waals surface area contributed by atoms with E-state index in [2.05, 4.69) is 16.2 Å². The van der Waals surface area contributed by atoms with E-state index < -0.39 is 23.5 Å². The zero-order valence-electron chi connectivity index (χ0n) is 20.8. The van der Waals surface area contributed by atoms with Crippen LogP contribution in [0, 0.1) is 0 Å². The number of rotatable bonds is 6. The zero-order chi connectivity index (χ0) is 25.9. The smallest absolute Gasteiger partial charge is 0.410 e. The predicted molar refractivity (Wildman–Crippen MR) is 131 cm³/mol. The third kappa shape index (κ3) is 6.12. The normalized spacial score (nSPS) is 17.1. The fourth-order valence-corrected chi connectivity index (χ4v) is 4.26. The number of piperazine rings is 1. The minimum absolute atomic E-state index is 0.0264. The molecule has 1 fully saturated rings. The Morgan fingerprint density at radius 2 is 1.77 bits per heavy atom. The van der Waals surface area contributed by atoms with E-state index in [4.69, 9.17) is 10.5 Å². The van der Waals surface area contributed by atoms with Gasteiger partial charge < -0.3 is 29.9 Å². The van der Waals surface area contributed by atoms with Crippen LogP contribution in [0.15, 0.2) is 24.8 Å². The average Bonchev–Trinajstić information content (AvgIpc) is 2.80. The van der Waals surface area contributed by atoms with Gasteiger partial charge in [0.05, 0.1) is 7.11 Å². The van der Waals surface area contributed by atoms with Gasteiger partial charge in [0, 0.05) is 50.4 Å². The lowest BCUT2D eigenvalue weighted by Crippen LogP contribution is -2.51. The maximum atomic E-state index is 13.2. The standard InChI is InChI=1S/C25H34N4O6/c1-16-15-29(20(22(26)31)8-9-21(30)34-5)23(32)18-7-6-17(14-19(16)18)27-10-12-28(13-11-27)24(33)35-25(2,3)4/h6-7,14,20H,1,8-13,15H2,2-5H3,(H2,26,31). The minimum atomic E-state index is -0.938. The van der Waals surface area contributed by atoms with E-state index in [1.165, 1.54) is 12.0 Å². The molecule has 0 aromatic heterocycles. The van der Waals surface area contributed by atoms with Crippen LogP contribution in [0.25, 0.3) is 5.57 Å². The number of primary amides is 1. The number of benzene rings is 1. The number of carbonyl (C=O) groups is 4. The van der Waals surface area contributed by atoms with Gasteiger partial charge >= 0.3 is 12.1 Å². The van der Waals surface area contributed by atoms with Crippen LogP contribution in [0.2, 0.25) is 0 Å². The van der Waals surface area contributed by atoms with E-state index in [0.717, 1.165) is 11.3 Å². The number of carbonyl (C=O) groups excluding carboxylic acids is 4. The molecule has 1 aromatic rings. The van der Waals surface area contributed by atoms with Gasteiger partial charge in [-0.1, -0.05) is 6.58 Å². The summed E-state index contributed by atoms with van der Waals surface area (Å²) in [6, 6.07) is 4.56. The zero-order valence-corrected chi connectivity index (χ0v) is 20.8. The summed E-state index contributed by atoms with van der Waals surface area (Å²) in [6.45, 7) is 12.1. The Labute approximate surface area is 205 Å². The molecule has 0 aliphatic carbocycles. The Morgan fingerprint density at radius 1 is 1.11 bits per heavy atom. The van der Waals surface area contributed by atoms with Gasteiger partial charge in [-0.05, 0) is 56.5 Å². The highest BCUT2D eigenvalue weighted by Gasteiger charge is 2.35. The number of esters is 1. The van der Waals surface area contributed by atoms with Crippen molar-refractivity contribution in [3.8, 4) is 0 Å². The molecule has 1 saturated heterocycles. The Bertz CT molecular complexity index is 1020. The molecule has 35 heavy (non-hydrogen) atoms. The van der Waals surface area contributed by atoms with E-state index >= 15 is 0 Å². The summed E-state index contributed by atoms with van der Waals surface area (Å²) in [7, 11) is 1.26. The van der Waals surface area contributed by atoms with Gasteiger partial charge in [0.15, 0.2) is 0 Å². The predicted octanol–water partition coefficient (Wildman–Crippen LogP) is 2.02. The molecule has 0 spiro atoms. The number of amides is 3. The third-order valence-corrected chi connectivity index (χ3v) is 6.09. The van der Waals surface area contributed by atoms with Gasteiger partial charge in [-0.3, -0.25) is 14.4 Å². The molecule has 1 unspecified atom stereocenters. The number of nitrogens with two attached hydrogens (primary N) is 1. The monoisotopic (exact) mass is 486 g/mol. The van der Waals surface area contributed by atoms with E-state index in [9.17, 15) is 19.2 Å². The van der Waals surface area contributed by atoms with Crippen LogP contribution in [0.5, 0.6) is 0 Å². The first-order chi connectivity index (χ1) is 16.4. The fourth-order valence-electron chi connectivity index (χ4n) is 4.26. The van der Waals surface area contributed by atoms with Gasteiger partial charge in [0.1, 0.15) is 11.6 Å². The Balaban J connectivity index is 1.72. The van der Waals surface area contributed by atoms with Crippen LogP contribution in [-0.2, 0) is 19.1 Å². The molecule has 0 saturated carbocycles. The number of nitrogens with zero attached hydrogens (tertiary/aromatic N) is 3. The van der Waals surface area contributed by atoms with Crippen LogP contribution in [-0.4, -0.2) is 85.2 Å². The van der Waals surface area contributed by atoms with Gasteiger partial charge in [0.25, 0.3) is 5.91 Å². The van der Waals surface area contributed by atoms with Gasteiger partial charge in [0.2, 0.25) is 5.91 Å². The summed E-state index contributed by atoms with van der Waals surface area (Å²) in [5.74, 6) is -1.49. The topological polar surface area (TPSA) is 122 Å². The van der Waals surface area contributed by atoms with Crippen molar-refractivity contribution < 1.29 is 28.7 Å². The lowest BCUT2D eigenvalue weighted by Gasteiger charge is -2.38. The molecule has 2 aliphatic heterocycles. The van der Waals surface area contributed by atoms with Crippen molar-refractivity contribution in [3.63, 3.8) is 0 Å². The molecule has 190 valence electrons. The molecule has 2 N–H and O–H groups in total. The molecule has 0 bridgehead atoms. The van der Waals surface area contributed by atoms with Crippen LogP contribution in [0.1, 0.15) is 49.5 Å². The lowest BCUT2D eigenvalue weighted by molar-refractivity contribution is -0.141. The first-order valence-corrected chi connectivity index (χ1v) is 11.6. The number of methoxy groups -OCH3 is 1. The summed E-state index contributed by atoms with van der Waals surface area (Å²) >= 11 is 0. The van der Waals surface area contributed by atoms with E-state index in [-0.39, 0.29) is 31.4 Å². The average molecular weight is 487 g/mol. The molecule has 1 atom stereocenters. The van der Waals surface area contributed by atoms with E-state index in [1.54, 1.807) is 11.0 Å². The van der Waals surface area contributed by atoms with Crippen molar-refractivity contribution in [1.29, 1.82) is 0 Å². The second-order valence-corrected chi connectivity index (χ2v) is 9.75. The summed E-state index contributed by atoms with van der Waals surface area (Å²) < 4.78 is 10.1.